The Bertz CT molecular complexity index is 622. The van der Waals surface area contributed by atoms with Gasteiger partial charge in [0.2, 0.25) is 0 Å². The van der Waals surface area contributed by atoms with Crippen molar-refractivity contribution in [3.05, 3.63) is 51.7 Å². The van der Waals surface area contributed by atoms with Crippen LogP contribution in [0.3, 0.4) is 0 Å². The van der Waals surface area contributed by atoms with E-state index in [2.05, 4.69) is 47.4 Å². The van der Waals surface area contributed by atoms with Crippen molar-refractivity contribution in [2.75, 3.05) is 20.7 Å². The molecule has 0 fully saturated rings. The maximum absolute atomic E-state index is 5.38. The molecule has 0 unspecified atom stereocenters. The summed E-state index contributed by atoms with van der Waals surface area (Å²) < 4.78 is 5.17. The number of thiophene rings is 1. The molecule has 0 saturated heterocycles. The van der Waals surface area contributed by atoms with Gasteiger partial charge in [-0.1, -0.05) is 24.0 Å². The summed E-state index contributed by atoms with van der Waals surface area (Å²) in [6.45, 7) is 2.23. The summed E-state index contributed by atoms with van der Waals surface area (Å²) in [5.74, 6) is 6.84. The van der Waals surface area contributed by atoms with Crippen LogP contribution in [-0.2, 0) is 13.1 Å². The van der Waals surface area contributed by atoms with Gasteiger partial charge in [-0.25, -0.2) is 0 Å². The molecule has 0 saturated carbocycles. The number of nitrogens with zero attached hydrogens (tertiary/aromatic N) is 1. The molecule has 2 N–H and O–H groups in total. The Balaban J connectivity index is 1.91. The van der Waals surface area contributed by atoms with Gasteiger partial charge in [-0.3, -0.25) is 4.90 Å². The highest BCUT2D eigenvalue weighted by atomic mass is 32.1. The van der Waals surface area contributed by atoms with E-state index in [-0.39, 0.29) is 0 Å². The van der Waals surface area contributed by atoms with Crippen LogP contribution in [0.25, 0.3) is 0 Å². The van der Waals surface area contributed by atoms with E-state index in [1.807, 2.05) is 12.1 Å². The van der Waals surface area contributed by atoms with Gasteiger partial charge < -0.3 is 10.5 Å². The zero-order valence-electron chi connectivity index (χ0n) is 12.4. The molecule has 0 atom stereocenters. The van der Waals surface area contributed by atoms with E-state index in [0.29, 0.717) is 6.54 Å². The molecule has 21 heavy (non-hydrogen) atoms. The molecule has 0 amide bonds. The molecule has 1 aromatic heterocycles. The fraction of sp³-hybridized carbons (Fsp3) is 0.294. The first-order chi connectivity index (χ1) is 10.2. The summed E-state index contributed by atoms with van der Waals surface area (Å²) in [7, 11) is 3.80. The molecule has 0 aliphatic rings. The molecule has 0 spiro atoms. The summed E-state index contributed by atoms with van der Waals surface area (Å²) in [4.78, 5) is 3.60. The summed E-state index contributed by atoms with van der Waals surface area (Å²) in [5, 5.41) is 2.08. The molecule has 3 nitrogen and oxygen atoms in total. The predicted molar refractivity (Wildman–Crippen MR) is 88.4 cm³/mol. The molecular formula is C17H20N2OS. The molecular weight excluding hydrogens is 280 g/mol. The van der Waals surface area contributed by atoms with Crippen molar-refractivity contribution in [3.8, 4) is 17.6 Å². The Hall–Kier alpha value is -1.80. The highest BCUT2D eigenvalue weighted by Crippen LogP contribution is 2.17. The predicted octanol–water partition coefficient (Wildman–Crippen LogP) is 2.70. The van der Waals surface area contributed by atoms with Crippen LogP contribution in [0.4, 0.5) is 0 Å². The highest BCUT2D eigenvalue weighted by molar-refractivity contribution is 7.10. The average Bonchev–Trinajstić information content (AvgIpc) is 2.93. The van der Waals surface area contributed by atoms with Crippen LogP contribution in [0.2, 0.25) is 0 Å². The number of ether oxygens (including phenoxy) is 1. The Kier molecular flexibility index (Phi) is 5.82. The molecule has 110 valence electrons. The molecule has 0 aliphatic carbocycles. The van der Waals surface area contributed by atoms with Crippen LogP contribution in [0.5, 0.6) is 5.75 Å². The Labute approximate surface area is 130 Å². The first-order valence-corrected chi connectivity index (χ1v) is 7.67. The van der Waals surface area contributed by atoms with E-state index in [1.54, 1.807) is 18.4 Å². The van der Waals surface area contributed by atoms with Gasteiger partial charge in [0.1, 0.15) is 5.75 Å². The average molecular weight is 300 g/mol. The zero-order valence-corrected chi connectivity index (χ0v) is 13.2. The van der Waals surface area contributed by atoms with Gasteiger partial charge in [0.25, 0.3) is 0 Å². The van der Waals surface area contributed by atoms with E-state index < -0.39 is 0 Å². The topological polar surface area (TPSA) is 38.5 Å². The fourth-order valence-electron chi connectivity index (χ4n) is 2.05. The van der Waals surface area contributed by atoms with E-state index in [1.165, 1.54) is 10.4 Å². The maximum Gasteiger partial charge on any atom is 0.118 e. The van der Waals surface area contributed by atoms with Gasteiger partial charge in [-0.2, -0.15) is 0 Å². The minimum absolute atomic E-state index is 0.405. The summed E-state index contributed by atoms with van der Waals surface area (Å²) in [6.07, 6.45) is 0. The first-order valence-electron chi connectivity index (χ1n) is 6.79. The molecule has 0 aliphatic heterocycles. The Morgan fingerprint density at radius 2 is 2.00 bits per heavy atom. The highest BCUT2D eigenvalue weighted by Gasteiger charge is 2.04. The smallest absolute Gasteiger partial charge is 0.118 e. The maximum atomic E-state index is 5.38. The van der Waals surface area contributed by atoms with Gasteiger partial charge in [0, 0.05) is 28.9 Å². The third kappa shape index (κ3) is 4.91. The van der Waals surface area contributed by atoms with E-state index in [9.17, 15) is 0 Å². The van der Waals surface area contributed by atoms with Gasteiger partial charge in [0.15, 0.2) is 0 Å². The van der Waals surface area contributed by atoms with Crippen molar-refractivity contribution >= 4 is 11.3 Å². The zero-order chi connectivity index (χ0) is 15.1. The number of nitrogens with two attached hydrogens (primary N) is 1. The second kappa shape index (κ2) is 7.84. The lowest BCUT2D eigenvalue weighted by Gasteiger charge is -2.15. The minimum atomic E-state index is 0.405. The quantitative estimate of drug-likeness (QED) is 0.863. The molecule has 1 heterocycles. The number of rotatable bonds is 5. The van der Waals surface area contributed by atoms with Gasteiger partial charge in [0.05, 0.1) is 13.7 Å². The third-order valence-corrected chi connectivity index (χ3v) is 3.95. The van der Waals surface area contributed by atoms with Crippen LogP contribution in [0, 0.1) is 11.8 Å². The Morgan fingerprint density at radius 1 is 1.24 bits per heavy atom. The number of benzene rings is 1. The Morgan fingerprint density at radius 3 is 2.67 bits per heavy atom. The van der Waals surface area contributed by atoms with Crippen LogP contribution < -0.4 is 10.5 Å². The van der Waals surface area contributed by atoms with E-state index in [0.717, 1.165) is 24.4 Å². The molecule has 1 aromatic carbocycles. The molecule has 2 rings (SSSR count). The van der Waals surface area contributed by atoms with Crippen molar-refractivity contribution < 1.29 is 4.74 Å². The normalized spacial score (nSPS) is 10.3. The van der Waals surface area contributed by atoms with Crippen molar-refractivity contribution in [2.45, 2.75) is 13.1 Å². The van der Waals surface area contributed by atoms with Gasteiger partial charge >= 0.3 is 0 Å². The van der Waals surface area contributed by atoms with Crippen molar-refractivity contribution in [3.63, 3.8) is 0 Å². The van der Waals surface area contributed by atoms with Crippen molar-refractivity contribution in [1.29, 1.82) is 0 Å². The van der Waals surface area contributed by atoms with Crippen LogP contribution >= 0.6 is 11.3 Å². The third-order valence-electron chi connectivity index (χ3n) is 3.03. The van der Waals surface area contributed by atoms with Crippen LogP contribution in [-0.4, -0.2) is 25.6 Å². The van der Waals surface area contributed by atoms with E-state index in [4.69, 9.17) is 10.5 Å². The lowest BCUT2D eigenvalue weighted by atomic mass is 10.2. The summed E-state index contributed by atoms with van der Waals surface area (Å²) in [5.41, 5.74) is 7.71. The second-order valence-corrected chi connectivity index (χ2v) is 5.82. The first kappa shape index (κ1) is 15.6. The van der Waals surface area contributed by atoms with Crippen LogP contribution in [0.15, 0.2) is 35.7 Å². The lowest BCUT2D eigenvalue weighted by Crippen LogP contribution is -2.16. The molecule has 0 bridgehead atoms. The lowest BCUT2D eigenvalue weighted by molar-refractivity contribution is 0.321. The number of hydrogen-bond donors (Lipinski definition) is 1. The van der Waals surface area contributed by atoms with E-state index >= 15 is 0 Å². The van der Waals surface area contributed by atoms with Gasteiger partial charge in [-0.15, -0.1) is 11.3 Å². The number of hydrogen-bond acceptors (Lipinski definition) is 4. The standard InChI is InChI=1S/C17H20N2OS/c1-19(11-14-5-7-16(20-2)8-6-14)12-17-10-15(13-21-17)4-3-9-18/h5-8,10,13H,9,11-12,18H2,1-2H3. The molecule has 0 radical (unpaired) electrons. The molecule has 4 heteroatoms. The SMILES string of the molecule is COc1ccc(CN(C)Cc2cc(C#CCN)cs2)cc1. The fourth-order valence-corrected chi connectivity index (χ4v) is 2.94. The van der Waals surface area contributed by atoms with Crippen LogP contribution in [0.1, 0.15) is 16.0 Å². The number of methoxy groups -OCH3 is 1. The van der Waals surface area contributed by atoms with Crippen molar-refractivity contribution in [1.82, 2.24) is 4.90 Å². The second-order valence-electron chi connectivity index (χ2n) is 4.83. The van der Waals surface area contributed by atoms with Gasteiger partial charge in [-0.05, 0) is 30.8 Å². The molecule has 2 aromatic rings. The van der Waals surface area contributed by atoms with Crippen molar-refractivity contribution in [2.24, 2.45) is 5.73 Å². The summed E-state index contributed by atoms with van der Waals surface area (Å²) in [6, 6.07) is 10.3. The monoisotopic (exact) mass is 300 g/mol. The largest absolute Gasteiger partial charge is 0.497 e. The summed E-state index contributed by atoms with van der Waals surface area (Å²) >= 11 is 1.74. The minimum Gasteiger partial charge on any atom is -0.497 e.